The monoisotopic (exact) mass is 342 g/mol. The largest absolute Gasteiger partial charge is 0.383 e. The lowest BCUT2D eigenvalue weighted by atomic mass is 10.2. The van der Waals surface area contributed by atoms with Crippen LogP contribution >= 0.6 is 11.8 Å². The molecule has 2 fully saturated rings. The molecule has 0 aromatic heterocycles. The first-order valence-electron chi connectivity index (χ1n) is 8.96. The highest BCUT2D eigenvalue weighted by Gasteiger charge is 2.29. The van der Waals surface area contributed by atoms with E-state index < -0.39 is 0 Å². The highest BCUT2D eigenvalue weighted by Crippen LogP contribution is 2.29. The lowest BCUT2D eigenvalue weighted by molar-refractivity contribution is 0.142. The zero-order valence-electron chi connectivity index (χ0n) is 15.3. The first kappa shape index (κ1) is 18.9. The lowest BCUT2D eigenvalue weighted by Crippen LogP contribution is -2.51. The van der Waals surface area contributed by atoms with Crippen molar-refractivity contribution < 1.29 is 4.74 Å². The van der Waals surface area contributed by atoms with Crippen molar-refractivity contribution in [3.63, 3.8) is 0 Å². The number of rotatable bonds is 6. The molecule has 6 heteroatoms. The Balaban J connectivity index is 1.95. The predicted octanol–water partition coefficient (Wildman–Crippen LogP) is 1.89. The number of hydrogen-bond acceptors (Lipinski definition) is 4. The molecular formula is C17H34N4OS. The summed E-state index contributed by atoms with van der Waals surface area (Å²) in [4.78, 5) is 9.96. The fraction of sp³-hybridized carbons (Fsp3) is 0.941. The minimum atomic E-state index is 0.312. The van der Waals surface area contributed by atoms with E-state index in [-0.39, 0.29) is 0 Å². The molecule has 2 saturated heterocycles. The Hall–Kier alpha value is -0.460. The number of hydrogen-bond donors (Lipinski definition) is 1. The molecule has 23 heavy (non-hydrogen) atoms. The molecule has 134 valence electrons. The molecule has 0 bridgehead atoms. The minimum Gasteiger partial charge on any atom is -0.383 e. The number of methoxy groups -OCH3 is 1. The fourth-order valence-electron chi connectivity index (χ4n) is 3.42. The van der Waals surface area contributed by atoms with Crippen LogP contribution in [0.3, 0.4) is 0 Å². The summed E-state index contributed by atoms with van der Waals surface area (Å²) in [5, 5.41) is 3.50. The van der Waals surface area contributed by atoms with Gasteiger partial charge in [0, 0.05) is 49.8 Å². The maximum Gasteiger partial charge on any atom is 0.194 e. The summed E-state index contributed by atoms with van der Waals surface area (Å²) in [6, 6.07) is 0.575. The van der Waals surface area contributed by atoms with E-state index in [1.54, 1.807) is 7.11 Å². The first-order chi connectivity index (χ1) is 11.1. The van der Waals surface area contributed by atoms with E-state index in [4.69, 9.17) is 9.73 Å². The van der Waals surface area contributed by atoms with Gasteiger partial charge in [-0.3, -0.25) is 9.89 Å². The van der Waals surface area contributed by atoms with Crippen LogP contribution in [0.4, 0.5) is 0 Å². The van der Waals surface area contributed by atoms with E-state index in [2.05, 4.69) is 47.6 Å². The molecule has 0 saturated carbocycles. The van der Waals surface area contributed by atoms with E-state index in [1.165, 1.54) is 25.1 Å². The van der Waals surface area contributed by atoms with E-state index in [9.17, 15) is 0 Å². The van der Waals surface area contributed by atoms with Gasteiger partial charge in [0.2, 0.25) is 0 Å². The summed E-state index contributed by atoms with van der Waals surface area (Å²) in [7, 11) is 1.78. The van der Waals surface area contributed by atoms with Crippen LogP contribution in [0.2, 0.25) is 0 Å². The average molecular weight is 343 g/mol. The van der Waals surface area contributed by atoms with Crippen LogP contribution in [0.5, 0.6) is 0 Å². The SMILES string of the molecule is CCNC(=NCC1CCCN1CCOC)N1CCSC(C)(C)C1. The summed E-state index contributed by atoms with van der Waals surface area (Å²) in [6.07, 6.45) is 2.54. The predicted molar refractivity (Wildman–Crippen MR) is 101 cm³/mol. The van der Waals surface area contributed by atoms with E-state index in [0.29, 0.717) is 10.8 Å². The van der Waals surface area contributed by atoms with Gasteiger partial charge in [-0.15, -0.1) is 0 Å². The van der Waals surface area contributed by atoms with Crippen molar-refractivity contribution in [1.82, 2.24) is 15.1 Å². The molecule has 1 atom stereocenters. The van der Waals surface area contributed by atoms with Crippen LogP contribution in [-0.2, 0) is 4.74 Å². The highest BCUT2D eigenvalue weighted by atomic mass is 32.2. The smallest absolute Gasteiger partial charge is 0.194 e. The Morgan fingerprint density at radius 1 is 1.39 bits per heavy atom. The average Bonchev–Trinajstić information content (AvgIpc) is 2.95. The quantitative estimate of drug-likeness (QED) is 0.590. The molecule has 0 spiro atoms. The number of ether oxygens (including phenoxy) is 1. The Morgan fingerprint density at radius 2 is 2.22 bits per heavy atom. The molecular weight excluding hydrogens is 308 g/mol. The van der Waals surface area contributed by atoms with Crippen molar-refractivity contribution in [2.75, 3.05) is 58.7 Å². The van der Waals surface area contributed by atoms with Crippen LogP contribution in [0, 0.1) is 0 Å². The number of likely N-dealkylation sites (tertiary alicyclic amines) is 1. The molecule has 5 nitrogen and oxygen atoms in total. The van der Waals surface area contributed by atoms with E-state index in [0.717, 1.165) is 45.3 Å². The Bertz CT molecular complexity index is 389. The second-order valence-electron chi connectivity index (χ2n) is 7.05. The Morgan fingerprint density at radius 3 is 2.91 bits per heavy atom. The summed E-state index contributed by atoms with van der Waals surface area (Å²) in [6.45, 7) is 13.8. The molecule has 0 aliphatic carbocycles. The zero-order chi connectivity index (χ0) is 16.7. The van der Waals surface area contributed by atoms with Gasteiger partial charge in [-0.25, -0.2) is 0 Å². The third-order valence-corrected chi connectivity index (χ3v) is 5.89. The normalized spacial score (nSPS) is 25.8. The van der Waals surface area contributed by atoms with Gasteiger partial charge in [0.15, 0.2) is 5.96 Å². The van der Waals surface area contributed by atoms with Gasteiger partial charge in [-0.1, -0.05) is 0 Å². The van der Waals surface area contributed by atoms with Crippen LogP contribution in [-0.4, -0.2) is 85.3 Å². The van der Waals surface area contributed by atoms with Crippen LogP contribution < -0.4 is 5.32 Å². The summed E-state index contributed by atoms with van der Waals surface area (Å²) in [5.41, 5.74) is 0. The molecule has 2 heterocycles. The standard InChI is InChI=1S/C17H34N4OS/c1-5-18-16(21-10-12-23-17(2,3)14-21)19-13-15-7-6-8-20(15)9-11-22-4/h15H,5-14H2,1-4H3,(H,18,19). The molecule has 2 aliphatic rings. The molecule has 1 unspecified atom stereocenters. The minimum absolute atomic E-state index is 0.312. The van der Waals surface area contributed by atoms with E-state index >= 15 is 0 Å². The Labute approximate surface area is 146 Å². The second-order valence-corrected chi connectivity index (χ2v) is 8.85. The van der Waals surface area contributed by atoms with Crippen molar-refractivity contribution in [2.45, 2.75) is 44.4 Å². The summed E-state index contributed by atoms with van der Waals surface area (Å²) < 4.78 is 5.55. The maximum absolute atomic E-state index is 5.23. The highest BCUT2D eigenvalue weighted by molar-refractivity contribution is 8.00. The maximum atomic E-state index is 5.23. The second kappa shape index (κ2) is 9.14. The van der Waals surface area contributed by atoms with Gasteiger partial charge in [-0.05, 0) is 40.2 Å². The number of nitrogens with one attached hydrogen (secondary N) is 1. The van der Waals surface area contributed by atoms with Crippen LogP contribution in [0.25, 0.3) is 0 Å². The van der Waals surface area contributed by atoms with Crippen molar-refractivity contribution >= 4 is 17.7 Å². The Kier molecular flexibility index (Phi) is 7.50. The molecule has 2 aliphatic heterocycles. The topological polar surface area (TPSA) is 40.1 Å². The van der Waals surface area contributed by atoms with Crippen molar-refractivity contribution in [3.8, 4) is 0 Å². The van der Waals surface area contributed by atoms with Gasteiger partial charge >= 0.3 is 0 Å². The van der Waals surface area contributed by atoms with Gasteiger partial charge in [0.25, 0.3) is 0 Å². The lowest BCUT2D eigenvalue weighted by Gasteiger charge is -2.39. The summed E-state index contributed by atoms with van der Waals surface area (Å²) in [5.74, 6) is 2.28. The molecule has 0 aromatic rings. The van der Waals surface area contributed by atoms with Gasteiger partial charge in [0.05, 0.1) is 13.2 Å². The number of thioether (sulfide) groups is 1. The first-order valence-corrected chi connectivity index (χ1v) is 9.94. The molecule has 0 radical (unpaired) electrons. The van der Waals surface area contributed by atoms with Gasteiger partial charge < -0.3 is 15.0 Å². The molecule has 2 rings (SSSR count). The van der Waals surface area contributed by atoms with E-state index in [1.807, 2.05) is 0 Å². The number of guanidine groups is 1. The van der Waals surface area contributed by atoms with Crippen molar-refractivity contribution in [2.24, 2.45) is 4.99 Å². The van der Waals surface area contributed by atoms with Crippen LogP contribution in [0.1, 0.15) is 33.6 Å². The van der Waals surface area contributed by atoms with Gasteiger partial charge in [-0.2, -0.15) is 11.8 Å². The summed E-state index contributed by atoms with van der Waals surface area (Å²) >= 11 is 2.07. The number of aliphatic imine (C=N–C) groups is 1. The molecule has 1 N–H and O–H groups in total. The van der Waals surface area contributed by atoms with Gasteiger partial charge in [0.1, 0.15) is 0 Å². The zero-order valence-corrected chi connectivity index (χ0v) is 16.1. The molecule has 0 amide bonds. The number of nitrogens with zero attached hydrogens (tertiary/aromatic N) is 3. The third kappa shape index (κ3) is 5.84. The fourth-order valence-corrected chi connectivity index (χ4v) is 4.53. The van der Waals surface area contributed by atoms with Crippen molar-refractivity contribution in [1.29, 1.82) is 0 Å². The van der Waals surface area contributed by atoms with Crippen LogP contribution in [0.15, 0.2) is 4.99 Å². The molecule has 0 aromatic carbocycles. The third-order valence-electron chi connectivity index (χ3n) is 4.59. The van der Waals surface area contributed by atoms with Crippen molar-refractivity contribution in [3.05, 3.63) is 0 Å².